The maximum atomic E-state index is 12.8. The zero-order valence-corrected chi connectivity index (χ0v) is 14.5. The van der Waals surface area contributed by atoms with Crippen LogP contribution in [0.1, 0.15) is 37.0 Å². The van der Waals surface area contributed by atoms with Gasteiger partial charge in [-0.05, 0) is 38.3 Å². The standard InChI is InChI=1S/C17H23N5O3/c1-3-4-21-14-13(15(23)20-17(21)25)6-12(8-19-14)16(24)22-9-11(7-18)5-10(22)2/h6,8,10-11H,3-5,7,9,18H2,1-2H3,(H,20,23,25). The molecule has 2 aromatic heterocycles. The predicted octanol–water partition coefficient (Wildman–Crippen LogP) is 0.304. The molecule has 1 fully saturated rings. The Kier molecular flexibility index (Phi) is 4.71. The van der Waals surface area contributed by atoms with Crippen LogP contribution < -0.4 is 17.0 Å². The highest BCUT2D eigenvalue weighted by atomic mass is 16.2. The molecule has 3 N–H and O–H groups in total. The monoisotopic (exact) mass is 345 g/mol. The summed E-state index contributed by atoms with van der Waals surface area (Å²) in [6.45, 7) is 5.54. The molecule has 0 aliphatic carbocycles. The molecule has 0 aromatic carbocycles. The lowest BCUT2D eigenvalue weighted by Gasteiger charge is -2.21. The van der Waals surface area contributed by atoms with Crippen molar-refractivity contribution >= 4 is 16.9 Å². The molecule has 2 aromatic rings. The van der Waals surface area contributed by atoms with Gasteiger partial charge < -0.3 is 10.6 Å². The van der Waals surface area contributed by atoms with Crippen LogP contribution in [0.4, 0.5) is 0 Å². The number of pyridine rings is 1. The summed E-state index contributed by atoms with van der Waals surface area (Å²) in [5.41, 5.74) is 5.37. The van der Waals surface area contributed by atoms with E-state index in [-0.39, 0.29) is 17.3 Å². The van der Waals surface area contributed by atoms with Gasteiger partial charge in [-0.1, -0.05) is 6.92 Å². The molecule has 134 valence electrons. The van der Waals surface area contributed by atoms with Crippen LogP contribution in [0.3, 0.4) is 0 Å². The zero-order valence-electron chi connectivity index (χ0n) is 14.5. The predicted molar refractivity (Wildman–Crippen MR) is 94.6 cm³/mol. The second-order valence-electron chi connectivity index (χ2n) is 6.65. The van der Waals surface area contributed by atoms with Gasteiger partial charge in [0.1, 0.15) is 5.65 Å². The number of likely N-dealkylation sites (tertiary alicyclic amines) is 1. The Morgan fingerprint density at radius 1 is 1.44 bits per heavy atom. The molecule has 1 amide bonds. The summed E-state index contributed by atoms with van der Waals surface area (Å²) >= 11 is 0. The van der Waals surface area contributed by atoms with Gasteiger partial charge in [-0.3, -0.25) is 19.1 Å². The number of amides is 1. The van der Waals surface area contributed by atoms with Gasteiger partial charge in [-0.15, -0.1) is 0 Å². The van der Waals surface area contributed by atoms with Crippen molar-refractivity contribution in [3.8, 4) is 0 Å². The van der Waals surface area contributed by atoms with Crippen molar-refractivity contribution in [3.05, 3.63) is 38.7 Å². The highest BCUT2D eigenvalue weighted by molar-refractivity contribution is 5.97. The second kappa shape index (κ2) is 6.79. The number of fused-ring (bicyclic) bond motifs is 1. The molecule has 0 bridgehead atoms. The van der Waals surface area contributed by atoms with Crippen LogP contribution in [0.5, 0.6) is 0 Å². The molecule has 0 spiro atoms. The number of nitrogens with two attached hydrogens (primary N) is 1. The Hall–Kier alpha value is -2.48. The number of aromatic amines is 1. The fourth-order valence-electron chi connectivity index (χ4n) is 3.48. The molecule has 8 heteroatoms. The van der Waals surface area contributed by atoms with E-state index in [1.807, 2.05) is 13.8 Å². The van der Waals surface area contributed by atoms with Gasteiger partial charge in [-0.25, -0.2) is 9.78 Å². The Morgan fingerprint density at radius 2 is 2.20 bits per heavy atom. The van der Waals surface area contributed by atoms with Crippen molar-refractivity contribution in [1.29, 1.82) is 0 Å². The van der Waals surface area contributed by atoms with E-state index in [2.05, 4.69) is 9.97 Å². The molecule has 1 saturated heterocycles. The van der Waals surface area contributed by atoms with Crippen molar-refractivity contribution in [2.24, 2.45) is 11.7 Å². The number of carbonyl (C=O) groups is 1. The zero-order chi connectivity index (χ0) is 18.1. The number of carbonyl (C=O) groups excluding carboxylic acids is 1. The molecule has 1 aliphatic rings. The van der Waals surface area contributed by atoms with Crippen LogP contribution in [0.15, 0.2) is 21.9 Å². The SMILES string of the molecule is CCCn1c(=O)[nH]c(=O)c2cc(C(=O)N3CC(CN)CC3C)cnc21. The Balaban J connectivity index is 2.03. The van der Waals surface area contributed by atoms with Crippen LogP contribution in [-0.4, -0.2) is 44.5 Å². The van der Waals surface area contributed by atoms with Gasteiger partial charge in [0.05, 0.1) is 10.9 Å². The number of aryl methyl sites for hydroxylation is 1. The van der Waals surface area contributed by atoms with Crippen molar-refractivity contribution in [3.63, 3.8) is 0 Å². The number of aromatic nitrogens is 3. The molecule has 2 unspecified atom stereocenters. The van der Waals surface area contributed by atoms with E-state index in [0.29, 0.717) is 36.8 Å². The first-order valence-electron chi connectivity index (χ1n) is 8.60. The number of H-pyrrole nitrogens is 1. The van der Waals surface area contributed by atoms with Crippen molar-refractivity contribution < 1.29 is 4.79 Å². The van der Waals surface area contributed by atoms with E-state index in [4.69, 9.17) is 5.73 Å². The maximum Gasteiger partial charge on any atom is 0.329 e. The Morgan fingerprint density at radius 3 is 2.84 bits per heavy atom. The molecular weight excluding hydrogens is 322 g/mol. The summed E-state index contributed by atoms with van der Waals surface area (Å²) in [6, 6.07) is 1.63. The minimum Gasteiger partial charge on any atom is -0.336 e. The third kappa shape index (κ3) is 3.09. The number of hydrogen-bond donors (Lipinski definition) is 2. The molecule has 0 radical (unpaired) electrons. The smallest absolute Gasteiger partial charge is 0.329 e. The first-order chi connectivity index (χ1) is 12.0. The lowest BCUT2D eigenvalue weighted by Crippen LogP contribution is -2.35. The molecule has 0 saturated carbocycles. The summed E-state index contributed by atoms with van der Waals surface area (Å²) in [5.74, 6) is 0.135. The summed E-state index contributed by atoms with van der Waals surface area (Å²) in [7, 11) is 0. The van der Waals surface area contributed by atoms with Crippen LogP contribution in [0, 0.1) is 5.92 Å². The summed E-state index contributed by atoms with van der Waals surface area (Å²) in [6.07, 6.45) is 3.05. The highest BCUT2D eigenvalue weighted by Gasteiger charge is 2.32. The van der Waals surface area contributed by atoms with E-state index >= 15 is 0 Å². The van der Waals surface area contributed by atoms with Gasteiger partial charge in [0.15, 0.2) is 0 Å². The van der Waals surface area contributed by atoms with Gasteiger partial charge in [0.25, 0.3) is 11.5 Å². The van der Waals surface area contributed by atoms with Gasteiger partial charge in [-0.2, -0.15) is 0 Å². The number of rotatable bonds is 4. The van der Waals surface area contributed by atoms with Crippen molar-refractivity contribution in [2.45, 2.75) is 39.3 Å². The number of nitrogens with zero attached hydrogens (tertiary/aromatic N) is 3. The molecular formula is C17H23N5O3. The average Bonchev–Trinajstić information content (AvgIpc) is 2.98. The largest absolute Gasteiger partial charge is 0.336 e. The topological polar surface area (TPSA) is 114 Å². The first kappa shape index (κ1) is 17.3. The van der Waals surface area contributed by atoms with Gasteiger partial charge in [0.2, 0.25) is 0 Å². The van der Waals surface area contributed by atoms with Gasteiger partial charge >= 0.3 is 5.69 Å². The lowest BCUT2D eigenvalue weighted by atomic mass is 10.1. The van der Waals surface area contributed by atoms with E-state index in [0.717, 1.165) is 12.8 Å². The van der Waals surface area contributed by atoms with Crippen LogP contribution in [0.25, 0.3) is 11.0 Å². The first-order valence-corrected chi connectivity index (χ1v) is 8.60. The molecule has 1 aliphatic heterocycles. The number of hydrogen-bond acceptors (Lipinski definition) is 5. The summed E-state index contributed by atoms with van der Waals surface area (Å²) < 4.78 is 1.42. The summed E-state index contributed by atoms with van der Waals surface area (Å²) in [4.78, 5) is 45.3. The Bertz CT molecular complexity index is 917. The quantitative estimate of drug-likeness (QED) is 0.827. The molecule has 2 atom stereocenters. The molecule has 3 rings (SSSR count). The van der Waals surface area contributed by atoms with Crippen LogP contribution in [-0.2, 0) is 6.54 Å². The minimum atomic E-state index is -0.524. The van der Waals surface area contributed by atoms with Gasteiger partial charge in [0, 0.05) is 25.3 Å². The summed E-state index contributed by atoms with van der Waals surface area (Å²) in [5, 5.41) is 0.251. The third-order valence-corrected chi connectivity index (χ3v) is 4.78. The fourth-order valence-corrected chi connectivity index (χ4v) is 3.48. The van der Waals surface area contributed by atoms with Crippen LogP contribution >= 0.6 is 0 Å². The Labute approximate surface area is 144 Å². The fraction of sp³-hybridized carbons (Fsp3) is 0.529. The molecule has 25 heavy (non-hydrogen) atoms. The van der Waals surface area contributed by atoms with E-state index < -0.39 is 11.2 Å². The highest BCUT2D eigenvalue weighted by Crippen LogP contribution is 2.24. The number of nitrogens with one attached hydrogen (secondary N) is 1. The maximum absolute atomic E-state index is 12.8. The van der Waals surface area contributed by atoms with Crippen molar-refractivity contribution in [2.75, 3.05) is 13.1 Å². The van der Waals surface area contributed by atoms with Crippen LogP contribution in [0.2, 0.25) is 0 Å². The average molecular weight is 345 g/mol. The van der Waals surface area contributed by atoms with E-state index in [1.54, 1.807) is 4.90 Å². The molecule has 8 nitrogen and oxygen atoms in total. The molecule has 3 heterocycles. The minimum absolute atomic E-state index is 0.101. The third-order valence-electron chi connectivity index (χ3n) is 4.78. The van der Waals surface area contributed by atoms with E-state index in [1.165, 1.54) is 16.8 Å². The second-order valence-corrected chi connectivity index (χ2v) is 6.65. The van der Waals surface area contributed by atoms with E-state index in [9.17, 15) is 14.4 Å². The normalized spacial score (nSPS) is 20.4. The lowest BCUT2D eigenvalue weighted by molar-refractivity contribution is 0.0743. The van der Waals surface area contributed by atoms with Crippen molar-refractivity contribution in [1.82, 2.24) is 19.4 Å².